The quantitative estimate of drug-likeness (QED) is 0.748. The van der Waals surface area contributed by atoms with Crippen LogP contribution in [0.15, 0.2) is 30.3 Å². The van der Waals surface area contributed by atoms with Gasteiger partial charge in [0.15, 0.2) is 0 Å². The summed E-state index contributed by atoms with van der Waals surface area (Å²) < 4.78 is 10.9. The molecule has 1 aliphatic heterocycles. The van der Waals surface area contributed by atoms with Gasteiger partial charge in [0, 0.05) is 19.6 Å². The first kappa shape index (κ1) is 12.5. The lowest BCUT2D eigenvalue weighted by Crippen LogP contribution is -2.46. The molecule has 0 spiro atoms. The Hall–Kier alpha value is -0.940. The molecular formula is C13H20N2O2. The fraction of sp³-hybridized carbons (Fsp3) is 0.538. The number of hydrogen-bond donors (Lipinski definition) is 1. The van der Waals surface area contributed by atoms with Gasteiger partial charge in [-0.1, -0.05) is 30.3 Å². The van der Waals surface area contributed by atoms with Crippen molar-refractivity contribution in [2.75, 3.05) is 39.5 Å². The van der Waals surface area contributed by atoms with E-state index in [4.69, 9.17) is 9.47 Å². The van der Waals surface area contributed by atoms with Crippen LogP contribution in [0.4, 0.5) is 0 Å². The minimum atomic E-state index is 0.686. The minimum Gasteiger partial charge on any atom is -0.379 e. The number of nitrogens with one attached hydrogen (secondary N) is 1. The predicted octanol–water partition coefficient (Wildman–Crippen LogP) is 1.04. The first-order valence-electron chi connectivity index (χ1n) is 6.13. The number of rotatable bonds is 6. The van der Waals surface area contributed by atoms with Crippen molar-refractivity contribution in [1.82, 2.24) is 10.4 Å². The summed E-state index contributed by atoms with van der Waals surface area (Å²) in [5.74, 6) is 0. The molecule has 1 aromatic rings. The summed E-state index contributed by atoms with van der Waals surface area (Å²) in [6.07, 6.45) is 0. The molecule has 4 nitrogen and oxygen atoms in total. The standard InChI is InChI=1S/C13H20N2O2/c1-2-4-13(5-3-1)12-17-9-6-14-15-7-10-16-11-8-15/h1-5,14H,6-12H2. The summed E-state index contributed by atoms with van der Waals surface area (Å²) in [5, 5.41) is 2.19. The van der Waals surface area contributed by atoms with Crippen molar-refractivity contribution >= 4 is 0 Å². The number of nitrogens with zero attached hydrogens (tertiary/aromatic N) is 1. The molecule has 1 saturated heterocycles. The highest BCUT2D eigenvalue weighted by atomic mass is 16.5. The molecule has 0 atom stereocenters. The second-order valence-corrected chi connectivity index (χ2v) is 4.05. The normalized spacial score (nSPS) is 17.2. The van der Waals surface area contributed by atoms with Crippen molar-refractivity contribution in [3.8, 4) is 0 Å². The zero-order valence-electron chi connectivity index (χ0n) is 10.1. The largest absolute Gasteiger partial charge is 0.379 e. The van der Waals surface area contributed by atoms with Crippen LogP contribution in [-0.2, 0) is 16.1 Å². The molecule has 0 unspecified atom stereocenters. The molecule has 0 bridgehead atoms. The maximum Gasteiger partial charge on any atom is 0.0717 e. The number of hydrogen-bond acceptors (Lipinski definition) is 4. The molecular weight excluding hydrogens is 216 g/mol. The van der Waals surface area contributed by atoms with E-state index in [9.17, 15) is 0 Å². The number of morpholine rings is 1. The van der Waals surface area contributed by atoms with E-state index in [1.54, 1.807) is 0 Å². The van der Waals surface area contributed by atoms with Crippen molar-refractivity contribution in [2.45, 2.75) is 6.61 Å². The van der Waals surface area contributed by atoms with Gasteiger partial charge in [0.1, 0.15) is 0 Å². The van der Waals surface area contributed by atoms with Crippen molar-refractivity contribution in [2.24, 2.45) is 0 Å². The van der Waals surface area contributed by atoms with Crippen molar-refractivity contribution in [1.29, 1.82) is 0 Å². The summed E-state index contributed by atoms with van der Waals surface area (Å²) >= 11 is 0. The second-order valence-electron chi connectivity index (χ2n) is 4.05. The van der Waals surface area contributed by atoms with Gasteiger partial charge in [-0.2, -0.15) is 0 Å². The van der Waals surface area contributed by atoms with E-state index in [1.165, 1.54) is 5.56 Å². The first-order valence-corrected chi connectivity index (χ1v) is 6.13. The van der Waals surface area contributed by atoms with Crippen LogP contribution in [0.2, 0.25) is 0 Å². The van der Waals surface area contributed by atoms with E-state index in [2.05, 4.69) is 22.6 Å². The third kappa shape index (κ3) is 4.83. The van der Waals surface area contributed by atoms with Crippen LogP contribution < -0.4 is 5.43 Å². The Bertz CT molecular complexity index is 300. The Balaban J connectivity index is 1.51. The Labute approximate surface area is 102 Å². The number of benzene rings is 1. The first-order chi connectivity index (χ1) is 8.45. The van der Waals surface area contributed by atoms with Crippen molar-refractivity contribution in [3.63, 3.8) is 0 Å². The number of hydrazine groups is 1. The fourth-order valence-corrected chi connectivity index (χ4v) is 1.76. The Morgan fingerprint density at radius 1 is 1.18 bits per heavy atom. The molecule has 1 aromatic carbocycles. The van der Waals surface area contributed by atoms with Crippen LogP contribution >= 0.6 is 0 Å². The van der Waals surface area contributed by atoms with E-state index in [0.717, 1.165) is 39.5 Å². The van der Waals surface area contributed by atoms with Gasteiger partial charge >= 0.3 is 0 Å². The van der Waals surface area contributed by atoms with Gasteiger partial charge in [0.05, 0.1) is 26.4 Å². The Morgan fingerprint density at radius 3 is 2.71 bits per heavy atom. The average Bonchev–Trinajstić information content (AvgIpc) is 2.41. The molecule has 2 rings (SSSR count). The fourth-order valence-electron chi connectivity index (χ4n) is 1.76. The summed E-state index contributed by atoms with van der Waals surface area (Å²) in [6.45, 7) is 5.82. The topological polar surface area (TPSA) is 33.7 Å². The second kappa shape index (κ2) is 7.40. The van der Waals surface area contributed by atoms with E-state index >= 15 is 0 Å². The molecule has 0 saturated carbocycles. The molecule has 0 radical (unpaired) electrons. The maximum atomic E-state index is 5.59. The van der Waals surface area contributed by atoms with Gasteiger partial charge in [-0.25, -0.2) is 5.01 Å². The average molecular weight is 236 g/mol. The molecule has 4 heteroatoms. The summed E-state index contributed by atoms with van der Waals surface area (Å²) in [5.41, 5.74) is 4.56. The zero-order chi connectivity index (χ0) is 11.8. The molecule has 1 N–H and O–H groups in total. The van der Waals surface area contributed by atoms with Crippen LogP contribution in [0.25, 0.3) is 0 Å². The summed E-state index contributed by atoms with van der Waals surface area (Å²) in [7, 11) is 0. The van der Waals surface area contributed by atoms with Crippen LogP contribution in [-0.4, -0.2) is 44.5 Å². The summed E-state index contributed by atoms with van der Waals surface area (Å²) in [4.78, 5) is 0. The lowest BCUT2D eigenvalue weighted by atomic mass is 10.2. The SMILES string of the molecule is c1ccc(COCCNN2CCOCC2)cc1. The van der Waals surface area contributed by atoms with E-state index in [-0.39, 0.29) is 0 Å². The molecule has 1 aliphatic rings. The van der Waals surface area contributed by atoms with Gasteiger partial charge in [0.2, 0.25) is 0 Å². The monoisotopic (exact) mass is 236 g/mol. The van der Waals surface area contributed by atoms with E-state index in [1.807, 2.05) is 18.2 Å². The van der Waals surface area contributed by atoms with Gasteiger partial charge in [-0.15, -0.1) is 0 Å². The van der Waals surface area contributed by atoms with Gasteiger partial charge in [0.25, 0.3) is 0 Å². The van der Waals surface area contributed by atoms with E-state index < -0.39 is 0 Å². The number of ether oxygens (including phenoxy) is 2. The highest BCUT2D eigenvalue weighted by Crippen LogP contribution is 1.99. The predicted molar refractivity (Wildman–Crippen MR) is 66.5 cm³/mol. The Kier molecular flexibility index (Phi) is 5.45. The van der Waals surface area contributed by atoms with Crippen molar-refractivity contribution in [3.05, 3.63) is 35.9 Å². The lowest BCUT2D eigenvalue weighted by Gasteiger charge is -2.27. The molecule has 17 heavy (non-hydrogen) atoms. The zero-order valence-corrected chi connectivity index (χ0v) is 10.1. The molecule has 0 amide bonds. The summed E-state index contributed by atoms with van der Waals surface area (Å²) in [6, 6.07) is 10.2. The smallest absolute Gasteiger partial charge is 0.0717 e. The van der Waals surface area contributed by atoms with Crippen LogP contribution in [0.5, 0.6) is 0 Å². The van der Waals surface area contributed by atoms with E-state index in [0.29, 0.717) is 6.61 Å². The van der Waals surface area contributed by atoms with Crippen LogP contribution in [0.1, 0.15) is 5.56 Å². The van der Waals surface area contributed by atoms with Crippen molar-refractivity contribution < 1.29 is 9.47 Å². The molecule has 0 aromatic heterocycles. The minimum absolute atomic E-state index is 0.686. The van der Waals surface area contributed by atoms with Gasteiger partial charge < -0.3 is 9.47 Å². The molecule has 0 aliphatic carbocycles. The third-order valence-corrected chi connectivity index (χ3v) is 2.70. The highest BCUT2D eigenvalue weighted by molar-refractivity contribution is 5.13. The lowest BCUT2D eigenvalue weighted by molar-refractivity contribution is 0.00504. The van der Waals surface area contributed by atoms with Gasteiger partial charge in [-0.05, 0) is 5.56 Å². The van der Waals surface area contributed by atoms with Crippen LogP contribution in [0.3, 0.4) is 0 Å². The molecule has 94 valence electrons. The Morgan fingerprint density at radius 2 is 1.94 bits per heavy atom. The maximum absolute atomic E-state index is 5.59. The molecule has 1 fully saturated rings. The van der Waals surface area contributed by atoms with Gasteiger partial charge in [-0.3, -0.25) is 5.43 Å². The molecule has 1 heterocycles. The highest BCUT2D eigenvalue weighted by Gasteiger charge is 2.08. The third-order valence-electron chi connectivity index (χ3n) is 2.70. The van der Waals surface area contributed by atoms with Crippen LogP contribution in [0, 0.1) is 0 Å².